The van der Waals surface area contributed by atoms with Crippen LogP contribution >= 0.6 is 0 Å². The lowest BCUT2D eigenvalue weighted by Gasteiger charge is -2.38. The molecule has 0 amide bonds. The summed E-state index contributed by atoms with van der Waals surface area (Å²) in [5, 5.41) is 3.61. The van der Waals surface area contributed by atoms with Crippen LogP contribution in [-0.4, -0.2) is 25.7 Å². The lowest BCUT2D eigenvalue weighted by Crippen LogP contribution is -2.33. The van der Waals surface area contributed by atoms with E-state index < -0.39 is 5.60 Å². The van der Waals surface area contributed by atoms with Gasteiger partial charge in [-0.2, -0.15) is 0 Å². The van der Waals surface area contributed by atoms with Gasteiger partial charge in [-0.1, -0.05) is 63.1 Å². The third-order valence-electron chi connectivity index (χ3n) is 8.70. The number of unbranched alkanes of at least 4 members (excludes halogenated alkanes) is 2. The van der Waals surface area contributed by atoms with Gasteiger partial charge in [-0.15, -0.1) is 0 Å². The SMILES string of the molecule is CCCCN(CCCC)c1ccc2c(c1)Oc1cc(C(C)OCC)c(Nc3ccccc3)cc1C21OC(=O)c2ccccc21. The van der Waals surface area contributed by atoms with Crippen molar-refractivity contribution in [3.8, 4) is 11.5 Å². The molecule has 0 bridgehead atoms. The predicted octanol–water partition coefficient (Wildman–Crippen LogP) is 9.50. The Labute approximate surface area is 261 Å². The summed E-state index contributed by atoms with van der Waals surface area (Å²) in [6.45, 7) is 11.1. The standard InChI is InChI=1S/C38H42N2O4/c1-5-8-21-40(22-9-6-2)28-19-20-32-35(23-28)43-36-24-30(26(4)42-7-3)34(39-27-15-11-10-12-16-27)25-33(36)38(32)31-18-14-13-17-29(31)37(41)44-38/h10-20,23-26,39H,5-9,21-22H2,1-4H3. The molecule has 4 aromatic carbocycles. The van der Waals surface area contributed by atoms with Crippen LogP contribution < -0.4 is 15.0 Å². The van der Waals surface area contributed by atoms with Gasteiger partial charge in [-0.3, -0.25) is 0 Å². The highest BCUT2D eigenvalue weighted by Crippen LogP contribution is 2.58. The highest BCUT2D eigenvalue weighted by molar-refractivity contribution is 5.97. The van der Waals surface area contributed by atoms with Gasteiger partial charge in [0.1, 0.15) is 11.5 Å². The zero-order valence-electron chi connectivity index (χ0n) is 26.2. The number of anilines is 3. The van der Waals surface area contributed by atoms with Crippen molar-refractivity contribution in [2.75, 3.05) is 29.9 Å². The topological polar surface area (TPSA) is 60.0 Å². The third-order valence-corrected chi connectivity index (χ3v) is 8.70. The number of nitrogens with one attached hydrogen (secondary N) is 1. The Morgan fingerprint density at radius 1 is 0.818 bits per heavy atom. The van der Waals surface area contributed by atoms with Crippen molar-refractivity contribution in [3.63, 3.8) is 0 Å². The third kappa shape index (κ3) is 5.32. The van der Waals surface area contributed by atoms with E-state index in [9.17, 15) is 4.79 Å². The minimum Gasteiger partial charge on any atom is -0.456 e. The van der Waals surface area contributed by atoms with Crippen LogP contribution in [0, 0.1) is 0 Å². The first-order chi connectivity index (χ1) is 21.5. The summed E-state index contributed by atoms with van der Waals surface area (Å²) in [7, 11) is 0. The molecule has 2 aliphatic heterocycles. The van der Waals surface area contributed by atoms with Crippen molar-refractivity contribution >= 4 is 23.0 Å². The van der Waals surface area contributed by atoms with Crippen molar-refractivity contribution in [1.82, 2.24) is 0 Å². The Morgan fingerprint density at radius 3 is 2.25 bits per heavy atom. The lowest BCUT2D eigenvalue weighted by atomic mass is 9.77. The largest absolute Gasteiger partial charge is 0.456 e. The highest BCUT2D eigenvalue weighted by atomic mass is 16.6. The van der Waals surface area contributed by atoms with Gasteiger partial charge in [-0.05, 0) is 69.2 Å². The van der Waals surface area contributed by atoms with E-state index in [-0.39, 0.29) is 12.1 Å². The number of hydrogen-bond donors (Lipinski definition) is 1. The molecule has 1 spiro atoms. The van der Waals surface area contributed by atoms with Crippen LogP contribution in [0.2, 0.25) is 0 Å². The lowest BCUT2D eigenvalue weighted by molar-refractivity contribution is 0.0223. The van der Waals surface area contributed by atoms with E-state index >= 15 is 0 Å². The van der Waals surface area contributed by atoms with Crippen LogP contribution in [0.4, 0.5) is 17.1 Å². The second-order valence-electron chi connectivity index (χ2n) is 11.6. The van der Waals surface area contributed by atoms with Crippen LogP contribution in [0.25, 0.3) is 0 Å². The Morgan fingerprint density at radius 2 is 1.52 bits per heavy atom. The molecule has 44 heavy (non-hydrogen) atoms. The molecule has 6 nitrogen and oxygen atoms in total. The summed E-state index contributed by atoms with van der Waals surface area (Å²) in [6, 6.07) is 28.3. The molecule has 6 heteroatoms. The van der Waals surface area contributed by atoms with E-state index in [1.807, 2.05) is 61.5 Å². The average Bonchev–Trinajstić information content (AvgIpc) is 3.34. The number of esters is 1. The smallest absolute Gasteiger partial charge is 0.340 e. The van der Waals surface area contributed by atoms with E-state index in [0.717, 1.165) is 78.1 Å². The maximum absolute atomic E-state index is 13.5. The number of benzene rings is 4. The summed E-state index contributed by atoms with van der Waals surface area (Å²) in [6.07, 6.45) is 4.31. The van der Waals surface area contributed by atoms with Gasteiger partial charge in [0.2, 0.25) is 0 Å². The van der Waals surface area contributed by atoms with Crippen LogP contribution in [0.5, 0.6) is 11.5 Å². The Bertz CT molecular complexity index is 1630. The van der Waals surface area contributed by atoms with Crippen molar-refractivity contribution in [1.29, 1.82) is 0 Å². The fraction of sp³-hybridized carbons (Fsp3) is 0.342. The molecular weight excluding hydrogens is 548 g/mol. The van der Waals surface area contributed by atoms with Gasteiger partial charge < -0.3 is 24.4 Å². The molecule has 0 fully saturated rings. The first kappa shape index (κ1) is 29.8. The highest BCUT2D eigenvalue weighted by Gasteiger charge is 2.54. The zero-order chi connectivity index (χ0) is 30.7. The number of hydrogen-bond acceptors (Lipinski definition) is 6. The molecule has 2 heterocycles. The molecule has 0 saturated heterocycles. The Hall–Kier alpha value is -4.29. The molecule has 228 valence electrons. The molecule has 0 aromatic heterocycles. The molecule has 2 unspecified atom stereocenters. The number of fused-ring (bicyclic) bond motifs is 6. The molecule has 6 rings (SSSR count). The van der Waals surface area contributed by atoms with Gasteiger partial charge >= 0.3 is 5.97 Å². The molecule has 2 aliphatic rings. The van der Waals surface area contributed by atoms with Gasteiger partial charge in [0.15, 0.2) is 5.60 Å². The second kappa shape index (κ2) is 12.7. The molecule has 0 radical (unpaired) electrons. The van der Waals surface area contributed by atoms with E-state index in [1.54, 1.807) is 0 Å². The predicted molar refractivity (Wildman–Crippen MR) is 176 cm³/mol. The molecule has 2 atom stereocenters. The Balaban J connectivity index is 1.55. The van der Waals surface area contributed by atoms with Crippen LogP contribution in [0.1, 0.15) is 92.1 Å². The first-order valence-electron chi connectivity index (χ1n) is 16.0. The van der Waals surface area contributed by atoms with Gasteiger partial charge in [0, 0.05) is 65.1 Å². The average molecular weight is 591 g/mol. The van der Waals surface area contributed by atoms with Gasteiger partial charge in [0.25, 0.3) is 0 Å². The molecule has 1 N–H and O–H groups in total. The first-order valence-corrected chi connectivity index (χ1v) is 16.0. The monoisotopic (exact) mass is 590 g/mol. The molecule has 4 aromatic rings. The maximum Gasteiger partial charge on any atom is 0.340 e. The Kier molecular flexibility index (Phi) is 8.62. The van der Waals surface area contributed by atoms with Crippen molar-refractivity contribution in [2.45, 2.75) is 65.1 Å². The summed E-state index contributed by atoms with van der Waals surface area (Å²) in [5.41, 5.74) is 5.79. The second-order valence-corrected chi connectivity index (χ2v) is 11.6. The minimum atomic E-state index is -1.15. The number of carbonyl (C=O) groups is 1. The summed E-state index contributed by atoms with van der Waals surface area (Å²) >= 11 is 0. The van der Waals surface area contributed by atoms with E-state index in [1.165, 1.54) is 0 Å². The van der Waals surface area contributed by atoms with Gasteiger partial charge in [0.05, 0.1) is 11.7 Å². The normalized spacial score (nSPS) is 16.9. The quantitative estimate of drug-likeness (QED) is 0.166. The van der Waals surface area contributed by atoms with E-state index in [2.05, 4.69) is 61.3 Å². The van der Waals surface area contributed by atoms with E-state index in [0.29, 0.717) is 23.7 Å². The number of ether oxygens (including phenoxy) is 3. The number of rotatable bonds is 12. The summed E-state index contributed by atoms with van der Waals surface area (Å²) in [4.78, 5) is 15.9. The molecule has 0 aliphatic carbocycles. The van der Waals surface area contributed by atoms with E-state index in [4.69, 9.17) is 14.2 Å². The number of nitrogens with zero attached hydrogens (tertiary/aromatic N) is 1. The zero-order valence-corrected chi connectivity index (χ0v) is 26.2. The van der Waals surface area contributed by atoms with Crippen molar-refractivity contribution < 1.29 is 19.0 Å². The van der Waals surface area contributed by atoms with Crippen LogP contribution in [0.3, 0.4) is 0 Å². The van der Waals surface area contributed by atoms with Gasteiger partial charge in [-0.25, -0.2) is 4.79 Å². The molecular formula is C38H42N2O4. The van der Waals surface area contributed by atoms with Crippen LogP contribution in [-0.2, 0) is 15.1 Å². The summed E-state index contributed by atoms with van der Waals surface area (Å²) in [5.74, 6) is 1.03. The van der Waals surface area contributed by atoms with Crippen LogP contribution in [0.15, 0.2) is 84.9 Å². The number of carbonyl (C=O) groups excluding carboxylic acids is 1. The van der Waals surface area contributed by atoms with Crippen molar-refractivity contribution in [3.05, 3.63) is 113 Å². The minimum absolute atomic E-state index is 0.194. The fourth-order valence-electron chi connectivity index (χ4n) is 6.45. The summed E-state index contributed by atoms with van der Waals surface area (Å²) < 4.78 is 19.4. The number of para-hydroxylation sites is 1. The van der Waals surface area contributed by atoms with Crippen molar-refractivity contribution in [2.24, 2.45) is 0 Å². The fourth-order valence-corrected chi connectivity index (χ4v) is 6.45. The maximum atomic E-state index is 13.5. The molecule has 0 saturated carbocycles.